The van der Waals surface area contributed by atoms with E-state index in [-0.39, 0.29) is 5.56 Å². The van der Waals surface area contributed by atoms with Crippen molar-refractivity contribution in [3.8, 4) is 0 Å². The molecule has 0 aliphatic rings. The predicted molar refractivity (Wildman–Crippen MR) is 62.0 cm³/mol. The van der Waals surface area contributed by atoms with Crippen molar-refractivity contribution in [1.82, 2.24) is 9.55 Å². The number of aryl methyl sites for hydroxylation is 1. The van der Waals surface area contributed by atoms with E-state index >= 15 is 0 Å². The highest BCUT2D eigenvalue weighted by molar-refractivity contribution is 9.10. The molecule has 1 aromatic rings. The second-order valence-corrected chi connectivity index (χ2v) is 4.08. The molecule has 5 heteroatoms. The summed E-state index contributed by atoms with van der Waals surface area (Å²) in [5, 5.41) is 0. The van der Waals surface area contributed by atoms with Crippen LogP contribution in [0.25, 0.3) is 0 Å². The van der Waals surface area contributed by atoms with Gasteiger partial charge in [-0.1, -0.05) is 6.92 Å². The molecule has 1 heterocycles. The summed E-state index contributed by atoms with van der Waals surface area (Å²) in [5.41, 5.74) is -0.0531. The number of hydrogen-bond donors (Lipinski definition) is 0. The van der Waals surface area contributed by atoms with Gasteiger partial charge in [-0.2, -0.15) is 0 Å². The minimum atomic E-state index is -0.0531. The number of rotatable bonds is 5. The summed E-state index contributed by atoms with van der Waals surface area (Å²) < 4.78 is 7.43. The highest BCUT2D eigenvalue weighted by Crippen LogP contribution is 2.01. The smallest absolute Gasteiger partial charge is 0.267 e. The molecular weight excluding hydrogens is 260 g/mol. The van der Waals surface area contributed by atoms with E-state index in [0.29, 0.717) is 23.4 Å². The Morgan fingerprint density at radius 3 is 2.93 bits per heavy atom. The van der Waals surface area contributed by atoms with Crippen LogP contribution in [0.2, 0.25) is 0 Å². The molecule has 1 rings (SSSR count). The number of hydrogen-bond acceptors (Lipinski definition) is 3. The third-order valence-corrected chi connectivity index (χ3v) is 2.56. The first-order chi connectivity index (χ1) is 7.16. The summed E-state index contributed by atoms with van der Waals surface area (Å²) in [6.45, 7) is 5.70. The quantitative estimate of drug-likeness (QED) is 0.769. The summed E-state index contributed by atoms with van der Waals surface area (Å²) in [6, 6.07) is 0. The molecule has 0 radical (unpaired) electrons. The van der Waals surface area contributed by atoms with Gasteiger partial charge < -0.3 is 4.74 Å². The molecule has 0 amide bonds. The first-order valence-electron chi connectivity index (χ1n) is 4.96. The lowest BCUT2D eigenvalue weighted by atomic mass is 10.5. The van der Waals surface area contributed by atoms with Gasteiger partial charge >= 0.3 is 0 Å². The van der Waals surface area contributed by atoms with Gasteiger partial charge in [0.2, 0.25) is 0 Å². The molecule has 0 saturated heterocycles. The van der Waals surface area contributed by atoms with Crippen LogP contribution >= 0.6 is 15.9 Å². The molecule has 0 atom stereocenters. The molecule has 0 bridgehead atoms. The van der Waals surface area contributed by atoms with Gasteiger partial charge in [0.25, 0.3) is 5.56 Å². The molecule has 1 aromatic heterocycles. The van der Waals surface area contributed by atoms with E-state index in [4.69, 9.17) is 4.74 Å². The minimum absolute atomic E-state index is 0.0531. The van der Waals surface area contributed by atoms with Crippen LogP contribution in [0.15, 0.2) is 15.5 Å². The van der Waals surface area contributed by atoms with Gasteiger partial charge in [0.05, 0.1) is 13.2 Å². The Morgan fingerprint density at radius 1 is 1.53 bits per heavy atom. The first kappa shape index (κ1) is 12.4. The molecule has 4 nitrogen and oxygen atoms in total. The maximum atomic E-state index is 11.7. The first-order valence-corrected chi connectivity index (χ1v) is 5.75. The van der Waals surface area contributed by atoms with Crippen molar-refractivity contribution in [3.05, 3.63) is 26.8 Å². The molecule has 0 aliphatic heterocycles. The average Bonchev–Trinajstić information content (AvgIpc) is 2.23. The van der Waals surface area contributed by atoms with E-state index in [9.17, 15) is 4.79 Å². The third-order valence-electron chi connectivity index (χ3n) is 2.01. The average molecular weight is 275 g/mol. The minimum Gasteiger partial charge on any atom is -0.380 e. The molecular formula is C10H15BrN2O2. The van der Waals surface area contributed by atoms with Crippen molar-refractivity contribution in [2.75, 3.05) is 13.2 Å². The normalized spacial score (nSPS) is 10.6. The van der Waals surface area contributed by atoms with Gasteiger partial charge in [-0.05, 0) is 29.3 Å². The van der Waals surface area contributed by atoms with Crippen LogP contribution in [0.4, 0.5) is 0 Å². The van der Waals surface area contributed by atoms with Crippen LogP contribution in [0.3, 0.4) is 0 Å². The fourth-order valence-corrected chi connectivity index (χ4v) is 1.53. The number of nitrogens with zero attached hydrogens (tertiary/aromatic N) is 2. The fourth-order valence-electron chi connectivity index (χ4n) is 1.22. The molecule has 0 aliphatic carbocycles. The van der Waals surface area contributed by atoms with Crippen LogP contribution in [0.5, 0.6) is 0 Å². The van der Waals surface area contributed by atoms with Crippen molar-refractivity contribution in [2.45, 2.75) is 26.8 Å². The molecule has 0 saturated carbocycles. The lowest BCUT2D eigenvalue weighted by Gasteiger charge is -2.09. The largest absolute Gasteiger partial charge is 0.380 e. The SMILES string of the molecule is CCCOCCn1c(C)ncc(Br)c1=O. The lowest BCUT2D eigenvalue weighted by molar-refractivity contribution is 0.125. The second-order valence-electron chi connectivity index (χ2n) is 3.22. The standard InChI is InChI=1S/C10H15BrN2O2/c1-3-5-15-6-4-13-8(2)12-7-9(11)10(13)14/h7H,3-6H2,1-2H3. The van der Waals surface area contributed by atoms with Gasteiger partial charge in [0.15, 0.2) is 0 Å². The van der Waals surface area contributed by atoms with Gasteiger partial charge in [0.1, 0.15) is 10.3 Å². The number of ether oxygens (including phenoxy) is 1. The number of aromatic nitrogens is 2. The van der Waals surface area contributed by atoms with Crippen molar-refractivity contribution in [3.63, 3.8) is 0 Å². The van der Waals surface area contributed by atoms with E-state index in [1.165, 1.54) is 6.20 Å². The summed E-state index contributed by atoms with van der Waals surface area (Å²) in [7, 11) is 0. The Balaban J connectivity index is 2.68. The van der Waals surface area contributed by atoms with E-state index < -0.39 is 0 Å². The zero-order chi connectivity index (χ0) is 11.3. The Morgan fingerprint density at radius 2 is 2.27 bits per heavy atom. The summed E-state index contributed by atoms with van der Waals surface area (Å²) in [5.74, 6) is 0.711. The Labute approximate surface area is 97.4 Å². The topological polar surface area (TPSA) is 44.1 Å². The van der Waals surface area contributed by atoms with Gasteiger partial charge in [0, 0.05) is 12.8 Å². The Kier molecular flexibility index (Phi) is 4.98. The maximum Gasteiger partial charge on any atom is 0.267 e. The van der Waals surface area contributed by atoms with Gasteiger partial charge in [-0.25, -0.2) is 4.98 Å². The highest BCUT2D eigenvalue weighted by atomic mass is 79.9. The van der Waals surface area contributed by atoms with Crippen molar-refractivity contribution >= 4 is 15.9 Å². The van der Waals surface area contributed by atoms with Crippen LogP contribution in [0.1, 0.15) is 19.2 Å². The number of halogens is 1. The van der Waals surface area contributed by atoms with Crippen LogP contribution in [-0.4, -0.2) is 22.8 Å². The zero-order valence-electron chi connectivity index (χ0n) is 8.99. The molecule has 0 spiro atoms. The Hall–Kier alpha value is -0.680. The lowest BCUT2D eigenvalue weighted by Crippen LogP contribution is -2.26. The van der Waals surface area contributed by atoms with Crippen LogP contribution < -0.4 is 5.56 Å². The van der Waals surface area contributed by atoms with Crippen molar-refractivity contribution in [2.24, 2.45) is 0 Å². The summed E-state index contributed by atoms with van der Waals surface area (Å²) in [4.78, 5) is 15.8. The fraction of sp³-hybridized carbons (Fsp3) is 0.600. The van der Waals surface area contributed by atoms with E-state index in [2.05, 4.69) is 27.8 Å². The molecule has 15 heavy (non-hydrogen) atoms. The predicted octanol–water partition coefficient (Wildman–Crippen LogP) is 1.74. The van der Waals surface area contributed by atoms with Crippen molar-refractivity contribution in [1.29, 1.82) is 0 Å². The van der Waals surface area contributed by atoms with Crippen LogP contribution in [-0.2, 0) is 11.3 Å². The van der Waals surface area contributed by atoms with Gasteiger partial charge in [-0.15, -0.1) is 0 Å². The second kappa shape index (κ2) is 6.02. The summed E-state index contributed by atoms with van der Waals surface area (Å²) >= 11 is 3.17. The van der Waals surface area contributed by atoms with E-state index in [0.717, 1.165) is 13.0 Å². The molecule has 0 aromatic carbocycles. The maximum absolute atomic E-state index is 11.7. The highest BCUT2D eigenvalue weighted by Gasteiger charge is 2.04. The van der Waals surface area contributed by atoms with Crippen LogP contribution in [0, 0.1) is 6.92 Å². The van der Waals surface area contributed by atoms with Gasteiger partial charge in [-0.3, -0.25) is 9.36 Å². The molecule has 0 N–H and O–H groups in total. The van der Waals surface area contributed by atoms with Crippen molar-refractivity contribution < 1.29 is 4.74 Å². The molecule has 0 fully saturated rings. The van der Waals surface area contributed by atoms with E-state index in [1.807, 2.05) is 6.92 Å². The summed E-state index contributed by atoms with van der Waals surface area (Å²) in [6.07, 6.45) is 2.52. The zero-order valence-corrected chi connectivity index (χ0v) is 10.6. The monoisotopic (exact) mass is 274 g/mol. The van der Waals surface area contributed by atoms with E-state index in [1.54, 1.807) is 4.57 Å². The molecule has 84 valence electrons. The molecule has 0 unspecified atom stereocenters. The third kappa shape index (κ3) is 3.43. The Bertz CT molecular complexity index is 376.